The van der Waals surface area contributed by atoms with Gasteiger partial charge in [0.2, 0.25) is 0 Å². The van der Waals surface area contributed by atoms with E-state index in [0.717, 1.165) is 11.4 Å². The second-order valence-corrected chi connectivity index (χ2v) is 7.67. The third-order valence-electron chi connectivity index (χ3n) is 4.90. The summed E-state index contributed by atoms with van der Waals surface area (Å²) in [4.78, 5) is 13.4. The van der Waals surface area contributed by atoms with E-state index in [4.69, 9.17) is 0 Å². The predicted molar refractivity (Wildman–Crippen MR) is 109 cm³/mol. The number of benzene rings is 1. The van der Waals surface area contributed by atoms with Gasteiger partial charge in [0.05, 0.1) is 11.4 Å². The van der Waals surface area contributed by atoms with Crippen molar-refractivity contribution < 1.29 is 23.1 Å². The van der Waals surface area contributed by atoms with Crippen LogP contribution >= 0.6 is 9.24 Å². The fourth-order valence-corrected chi connectivity index (χ4v) is 3.54. The predicted octanol–water partition coefficient (Wildman–Crippen LogP) is 3.82. The Labute approximate surface area is 171 Å². The van der Waals surface area contributed by atoms with E-state index in [0.29, 0.717) is 6.42 Å². The van der Waals surface area contributed by atoms with E-state index >= 15 is 0 Å². The van der Waals surface area contributed by atoms with Crippen molar-refractivity contribution in [3.63, 3.8) is 0 Å². The van der Waals surface area contributed by atoms with Gasteiger partial charge in [0.1, 0.15) is 5.82 Å². The zero-order chi connectivity index (χ0) is 21.8. The molecule has 2 aromatic rings. The number of hydrogen-bond acceptors (Lipinski definition) is 3. The Balaban J connectivity index is 0.00000145. The van der Waals surface area contributed by atoms with Gasteiger partial charge in [-0.1, -0.05) is 30.0 Å². The summed E-state index contributed by atoms with van der Waals surface area (Å²) in [5.41, 5.74) is -1.99. The van der Waals surface area contributed by atoms with Gasteiger partial charge >= 0.3 is 0 Å². The summed E-state index contributed by atoms with van der Waals surface area (Å²) < 4.78 is 41.1. The van der Waals surface area contributed by atoms with Gasteiger partial charge in [-0.05, 0) is 42.7 Å². The summed E-state index contributed by atoms with van der Waals surface area (Å²) >= 11 is 0. The van der Waals surface area contributed by atoms with E-state index in [2.05, 4.69) is 5.10 Å². The molecule has 1 N–H and O–H groups in total. The summed E-state index contributed by atoms with van der Waals surface area (Å²) in [5.74, 6) is -1.24. The molecule has 9 heteroatoms. The minimum atomic E-state index is -3.55. The van der Waals surface area contributed by atoms with Gasteiger partial charge in [0, 0.05) is 25.2 Å². The highest BCUT2D eigenvalue weighted by atomic mass is 31.0. The van der Waals surface area contributed by atoms with E-state index in [1.165, 1.54) is 26.3 Å². The summed E-state index contributed by atoms with van der Waals surface area (Å²) in [5, 5.41) is 14.1. The lowest BCUT2D eigenvalue weighted by atomic mass is 9.84. The Kier molecular flexibility index (Phi) is 7.83. The van der Waals surface area contributed by atoms with Crippen molar-refractivity contribution >= 4 is 15.1 Å². The largest absolute Gasteiger partial charge is 0.378 e. The van der Waals surface area contributed by atoms with Crippen LogP contribution in [-0.2, 0) is 4.79 Å². The van der Waals surface area contributed by atoms with Gasteiger partial charge in [0.15, 0.2) is 6.10 Å². The standard InChI is InChI=1S/C18H21F3N3O2P.C2H6/c1-11-10-23(17(26)16(25)18(20,21)27)8-6-14(11)15-7-9-24(22-15)13-4-2-12(19)3-5-13;1-2/h2-5,7,9,11,14,16,25H,6,8,10,27H2,1H3;1-2H3. The van der Waals surface area contributed by atoms with E-state index in [1.807, 2.05) is 26.8 Å². The minimum Gasteiger partial charge on any atom is -0.378 e. The molecule has 4 atom stereocenters. The lowest BCUT2D eigenvalue weighted by Crippen LogP contribution is -2.50. The number of carbonyl (C=O) groups excluding carboxylic acids is 1. The van der Waals surface area contributed by atoms with E-state index in [9.17, 15) is 23.1 Å². The number of hydrogen-bond donors (Lipinski definition) is 1. The summed E-state index contributed by atoms with van der Waals surface area (Å²) in [6, 6.07) is 7.84. The first-order valence-corrected chi connectivity index (χ1v) is 10.2. The molecule has 0 radical (unpaired) electrons. The highest BCUT2D eigenvalue weighted by Crippen LogP contribution is 2.34. The van der Waals surface area contributed by atoms with Gasteiger partial charge in [-0.15, -0.1) is 0 Å². The molecular weight excluding hydrogens is 402 g/mol. The number of halogens is 3. The molecule has 1 fully saturated rings. The third-order valence-corrected chi connectivity index (χ3v) is 5.21. The van der Waals surface area contributed by atoms with E-state index < -0.39 is 17.7 Å². The monoisotopic (exact) mass is 429 g/mol. The first kappa shape index (κ1) is 23.4. The molecular formula is C20H27F3N3O2P. The summed E-state index contributed by atoms with van der Waals surface area (Å²) in [6.45, 7) is 6.46. The number of aliphatic hydroxyl groups is 1. The topological polar surface area (TPSA) is 58.4 Å². The van der Waals surface area contributed by atoms with Crippen LogP contribution in [0.15, 0.2) is 36.5 Å². The van der Waals surface area contributed by atoms with Gasteiger partial charge in [-0.3, -0.25) is 4.79 Å². The van der Waals surface area contributed by atoms with Crippen molar-refractivity contribution in [3.8, 4) is 5.69 Å². The molecule has 0 saturated carbocycles. The zero-order valence-electron chi connectivity index (χ0n) is 16.7. The number of carbonyl (C=O) groups is 1. The van der Waals surface area contributed by atoms with Crippen LogP contribution in [0.3, 0.4) is 0 Å². The average Bonchev–Trinajstić information content (AvgIpc) is 3.18. The maximum absolute atomic E-state index is 13.2. The number of aliphatic hydroxyl groups excluding tert-OH is 1. The van der Waals surface area contributed by atoms with Gasteiger partial charge in [-0.2, -0.15) is 13.9 Å². The lowest BCUT2D eigenvalue weighted by Gasteiger charge is -2.37. The molecule has 4 unspecified atom stereocenters. The molecule has 0 aliphatic carbocycles. The molecule has 0 spiro atoms. The first-order chi connectivity index (χ1) is 13.7. The molecule has 1 aliphatic heterocycles. The van der Waals surface area contributed by atoms with Crippen LogP contribution in [0.5, 0.6) is 0 Å². The fourth-order valence-electron chi connectivity index (χ4n) is 3.40. The molecule has 1 aromatic heterocycles. The lowest BCUT2D eigenvalue weighted by molar-refractivity contribution is -0.153. The Morgan fingerprint density at radius 1 is 1.28 bits per heavy atom. The van der Waals surface area contributed by atoms with Crippen molar-refractivity contribution in [1.82, 2.24) is 14.7 Å². The van der Waals surface area contributed by atoms with Crippen molar-refractivity contribution in [2.45, 2.75) is 44.9 Å². The second-order valence-electron chi connectivity index (χ2n) is 6.90. The summed E-state index contributed by atoms with van der Waals surface area (Å²) in [7, 11) is 1.20. The van der Waals surface area contributed by atoms with E-state index in [-0.39, 0.29) is 30.7 Å². The minimum absolute atomic E-state index is 0.00963. The molecule has 5 nitrogen and oxygen atoms in total. The molecule has 29 heavy (non-hydrogen) atoms. The Morgan fingerprint density at radius 3 is 2.45 bits per heavy atom. The van der Waals surface area contributed by atoms with Crippen LogP contribution < -0.4 is 0 Å². The van der Waals surface area contributed by atoms with Gasteiger partial charge in [-0.25, -0.2) is 9.07 Å². The fraction of sp³-hybridized carbons (Fsp3) is 0.500. The number of likely N-dealkylation sites (tertiary alicyclic amines) is 1. The zero-order valence-corrected chi connectivity index (χ0v) is 17.9. The molecule has 1 aliphatic rings. The van der Waals surface area contributed by atoms with Crippen molar-refractivity contribution in [2.75, 3.05) is 13.1 Å². The van der Waals surface area contributed by atoms with Crippen LogP contribution in [0.25, 0.3) is 5.69 Å². The smallest absolute Gasteiger partial charge is 0.293 e. The normalized spacial score (nSPS) is 20.6. The number of nitrogens with zero attached hydrogens (tertiary/aromatic N) is 3. The SMILES string of the molecule is CC.CC1CN(C(=O)C(O)C(F)(F)P)CCC1c1ccn(-c2ccc(F)cc2)n1. The quantitative estimate of drug-likeness (QED) is 0.752. The van der Waals surface area contributed by atoms with Crippen LogP contribution in [0.4, 0.5) is 13.2 Å². The van der Waals surface area contributed by atoms with Crippen LogP contribution in [0.1, 0.15) is 38.8 Å². The average molecular weight is 429 g/mol. The molecule has 0 bridgehead atoms. The molecule has 2 heterocycles. The van der Waals surface area contributed by atoms with Crippen molar-refractivity contribution in [2.24, 2.45) is 5.92 Å². The Morgan fingerprint density at radius 2 is 1.90 bits per heavy atom. The van der Waals surface area contributed by atoms with Crippen molar-refractivity contribution in [1.29, 1.82) is 0 Å². The van der Waals surface area contributed by atoms with Gasteiger partial charge in [0.25, 0.3) is 11.6 Å². The van der Waals surface area contributed by atoms with E-state index in [1.54, 1.807) is 23.0 Å². The maximum atomic E-state index is 13.2. The molecule has 1 saturated heterocycles. The highest BCUT2D eigenvalue weighted by molar-refractivity contribution is 7.18. The van der Waals surface area contributed by atoms with Crippen molar-refractivity contribution in [3.05, 3.63) is 48.0 Å². The molecule has 1 aromatic carbocycles. The number of alkyl halides is 2. The molecule has 3 rings (SSSR count). The van der Waals surface area contributed by atoms with Crippen LogP contribution in [-0.4, -0.2) is 50.6 Å². The molecule has 160 valence electrons. The van der Waals surface area contributed by atoms with Gasteiger partial charge < -0.3 is 10.0 Å². The first-order valence-electron chi connectivity index (χ1n) is 9.62. The third kappa shape index (κ3) is 5.58. The summed E-state index contributed by atoms with van der Waals surface area (Å²) in [6.07, 6.45) is -0.0163. The second kappa shape index (κ2) is 9.72. The molecule has 1 amide bonds. The maximum Gasteiger partial charge on any atom is 0.293 e. The number of rotatable bonds is 4. The van der Waals surface area contributed by atoms with Crippen LogP contribution in [0.2, 0.25) is 0 Å². The number of piperidine rings is 1. The number of amides is 1. The highest BCUT2D eigenvalue weighted by Gasteiger charge is 2.42. The Hall–Kier alpha value is -1.92. The Bertz CT molecular complexity index is 808. The number of aromatic nitrogens is 2. The van der Waals surface area contributed by atoms with Crippen LogP contribution in [0, 0.1) is 11.7 Å².